The minimum absolute atomic E-state index is 0.0198. The lowest BCUT2D eigenvalue weighted by Gasteiger charge is -2.23. The lowest BCUT2D eigenvalue weighted by molar-refractivity contribution is 0.248. The Labute approximate surface area is 111 Å². The van der Waals surface area contributed by atoms with Crippen molar-refractivity contribution in [2.75, 3.05) is 26.2 Å². The molecule has 0 aliphatic heterocycles. The van der Waals surface area contributed by atoms with E-state index in [1.165, 1.54) is 4.31 Å². The highest BCUT2D eigenvalue weighted by atomic mass is 32.2. The number of aliphatic hydroxyl groups is 1. The fourth-order valence-electron chi connectivity index (χ4n) is 2.12. The molecule has 0 heterocycles. The van der Waals surface area contributed by atoms with E-state index in [1.807, 2.05) is 13.8 Å². The molecule has 0 aromatic carbocycles. The Hall–Kier alpha value is -0.170. The van der Waals surface area contributed by atoms with Crippen LogP contribution in [-0.2, 0) is 10.2 Å². The maximum atomic E-state index is 12.1. The molecule has 108 valence electrons. The summed E-state index contributed by atoms with van der Waals surface area (Å²) in [5.74, 6) is 0. The van der Waals surface area contributed by atoms with Gasteiger partial charge in [-0.05, 0) is 37.5 Å². The third-order valence-corrected chi connectivity index (χ3v) is 5.07. The number of aliphatic hydroxyl groups excluding tert-OH is 1. The minimum Gasteiger partial charge on any atom is -0.396 e. The molecule has 0 atom stereocenters. The maximum absolute atomic E-state index is 12.1. The molecule has 0 aromatic rings. The molecule has 1 rings (SSSR count). The monoisotopic (exact) mass is 278 g/mol. The van der Waals surface area contributed by atoms with Crippen molar-refractivity contribution in [3.8, 4) is 0 Å². The number of hydrogen-bond donors (Lipinski definition) is 2. The van der Waals surface area contributed by atoms with E-state index >= 15 is 0 Å². The van der Waals surface area contributed by atoms with Crippen LogP contribution in [0.1, 0.15) is 46.0 Å². The predicted molar refractivity (Wildman–Crippen MR) is 72.4 cm³/mol. The number of nitrogens with one attached hydrogen (secondary N) is 1. The molecule has 0 bridgehead atoms. The largest absolute Gasteiger partial charge is 0.396 e. The van der Waals surface area contributed by atoms with Crippen molar-refractivity contribution in [3.63, 3.8) is 0 Å². The van der Waals surface area contributed by atoms with Crippen molar-refractivity contribution in [2.45, 2.75) is 46.0 Å². The Morgan fingerprint density at radius 1 is 1.22 bits per heavy atom. The molecule has 0 radical (unpaired) electrons. The van der Waals surface area contributed by atoms with Gasteiger partial charge in [-0.15, -0.1) is 0 Å². The summed E-state index contributed by atoms with van der Waals surface area (Å²) < 4.78 is 28.5. The third-order valence-electron chi connectivity index (χ3n) is 3.51. The molecule has 0 unspecified atom stereocenters. The van der Waals surface area contributed by atoms with E-state index in [-0.39, 0.29) is 12.0 Å². The lowest BCUT2D eigenvalue weighted by atomic mass is 10.0. The predicted octanol–water partition coefficient (Wildman–Crippen LogP) is 1.11. The average Bonchev–Trinajstić information content (AvgIpc) is 3.08. The highest BCUT2D eigenvalue weighted by molar-refractivity contribution is 7.87. The van der Waals surface area contributed by atoms with Crippen molar-refractivity contribution in [2.24, 2.45) is 5.41 Å². The van der Waals surface area contributed by atoms with Gasteiger partial charge in [-0.3, -0.25) is 0 Å². The first kappa shape index (κ1) is 15.9. The van der Waals surface area contributed by atoms with E-state index in [9.17, 15) is 8.42 Å². The molecule has 18 heavy (non-hydrogen) atoms. The summed E-state index contributed by atoms with van der Waals surface area (Å²) in [5.41, 5.74) is 0.0198. The second-order valence-corrected chi connectivity index (χ2v) is 6.95. The summed E-state index contributed by atoms with van der Waals surface area (Å²) >= 11 is 0. The van der Waals surface area contributed by atoms with Crippen LogP contribution in [0.3, 0.4) is 0 Å². The first-order valence-electron chi connectivity index (χ1n) is 6.85. The SMILES string of the molecule is CCCN(CCC)S(=O)(=O)NCC1(CCO)CC1. The summed E-state index contributed by atoms with van der Waals surface area (Å²) in [5, 5.41) is 8.96. The quantitative estimate of drug-likeness (QED) is 0.629. The van der Waals surface area contributed by atoms with Crippen molar-refractivity contribution in [3.05, 3.63) is 0 Å². The van der Waals surface area contributed by atoms with Gasteiger partial charge in [0.2, 0.25) is 0 Å². The summed E-state index contributed by atoms with van der Waals surface area (Å²) in [6.45, 7) is 5.68. The van der Waals surface area contributed by atoms with Crippen molar-refractivity contribution in [1.29, 1.82) is 0 Å². The molecule has 0 saturated heterocycles. The second-order valence-electron chi connectivity index (χ2n) is 5.20. The van der Waals surface area contributed by atoms with Crippen LogP contribution in [0.5, 0.6) is 0 Å². The number of hydrogen-bond acceptors (Lipinski definition) is 3. The molecule has 1 aliphatic rings. The Bertz CT molecular complexity index is 333. The zero-order valence-electron chi connectivity index (χ0n) is 11.5. The second kappa shape index (κ2) is 6.84. The molecular weight excluding hydrogens is 252 g/mol. The fourth-order valence-corrected chi connectivity index (χ4v) is 3.63. The molecule has 0 amide bonds. The number of rotatable bonds is 10. The fraction of sp³-hybridized carbons (Fsp3) is 1.00. The highest BCUT2D eigenvalue weighted by Gasteiger charge is 2.42. The van der Waals surface area contributed by atoms with Gasteiger partial charge in [0, 0.05) is 26.2 Å². The van der Waals surface area contributed by atoms with E-state index in [0.717, 1.165) is 25.7 Å². The van der Waals surface area contributed by atoms with Gasteiger partial charge in [0.25, 0.3) is 10.2 Å². The Kier molecular flexibility index (Phi) is 6.04. The molecule has 1 aliphatic carbocycles. The van der Waals surface area contributed by atoms with Crippen molar-refractivity contribution in [1.82, 2.24) is 9.03 Å². The maximum Gasteiger partial charge on any atom is 0.279 e. The van der Waals surface area contributed by atoms with Gasteiger partial charge in [-0.1, -0.05) is 13.8 Å². The van der Waals surface area contributed by atoms with E-state index in [4.69, 9.17) is 5.11 Å². The van der Waals surface area contributed by atoms with Crippen LogP contribution >= 0.6 is 0 Å². The summed E-state index contributed by atoms with van der Waals surface area (Å²) in [6, 6.07) is 0. The molecule has 0 spiro atoms. The van der Waals surface area contributed by atoms with Gasteiger partial charge in [-0.25, -0.2) is 4.72 Å². The molecule has 1 saturated carbocycles. The zero-order valence-corrected chi connectivity index (χ0v) is 12.3. The van der Waals surface area contributed by atoms with Gasteiger partial charge in [-0.2, -0.15) is 12.7 Å². The molecule has 1 fully saturated rings. The van der Waals surface area contributed by atoms with Crippen molar-refractivity contribution >= 4 is 10.2 Å². The van der Waals surface area contributed by atoms with Gasteiger partial charge in [0.05, 0.1) is 0 Å². The Morgan fingerprint density at radius 2 is 1.78 bits per heavy atom. The summed E-state index contributed by atoms with van der Waals surface area (Å²) in [6.07, 6.45) is 4.36. The molecule has 0 aromatic heterocycles. The average molecular weight is 278 g/mol. The van der Waals surface area contributed by atoms with Crippen LogP contribution < -0.4 is 4.72 Å². The Morgan fingerprint density at radius 3 is 2.17 bits per heavy atom. The molecule has 2 N–H and O–H groups in total. The third kappa shape index (κ3) is 4.50. The van der Waals surface area contributed by atoms with Crippen LogP contribution in [0.25, 0.3) is 0 Å². The first-order valence-corrected chi connectivity index (χ1v) is 8.29. The summed E-state index contributed by atoms with van der Waals surface area (Å²) in [7, 11) is -3.36. The van der Waals surface area contributed by atoms with E-state index in [1.54, 1.807) is 0 Å². The van der Waals surface area contributed by atoms with Crippen LogP contribution in [0, 0.1) is 5.41 Å². The topological polar surface area (TPSA) is 69.6 Å². The normalized spacial score (nSPS) is 18.2. The Balaban J connectivity index is 2.51. The lowest BCUT2D eigenvalue weighted by Crippen LogP contribution is -2.43. The van der Waals surface area contributed by atoms with E-state index < -0.39 is 10.2 Å². The van der Waals surface area contributed by atoms with Crippen LogP contribution in [0.15, 0.2) is 0 Å². The van der Waals surface area contributed by atoms with Gasteiger partial charge < -0.3 is 5.11 Å². The highest BCUT2D eigenvalue weighted by Crippen LogP contribution is 2.48. The minimum atomic E-state index is -3.36. The summed E-state index contributed by atoms with van der Waals surface area (Å²) in [4.78, 5) is 0. The number of nitrogens with zero attached hydrogens (tertiary/aromatic N) is 1. The van der Waals surface area contributed by atoms with Crippen LogP contribution in [-0.4, -0.2) is 44.1 Å². The molecule has 5 nitrogen and oxygen atoms in total. The first-order chi connectivity index (χ1) is 8.49. The molecular formula is C12H26N2O3S. The standard InChI is InChI=1S/C12H26N2O3S/c1-3-8-14(9-4-2)18(16,17)13-11-12(5-6-12)7-10-15/h13,15H,3-11H2,1-2H3. The molecule has 6 heteroatoms. The van der Waals surface area contributed by atoms with E-state index in [0.29, 0.717) is 26.1 Å². The van der Waals surface area contributed by atoms with Crippen molar-refractivity contribution < 1.29 is 13.5 Å². The van der Waals surface area contributed by atoms with Gasteiger partial charge in [0.1, 0.15) is 0 Å². The van der Waals surface area contributed by atoms with Crippen LogP contribution in [0.2, 0.25) is 0 Å². The smallest absolute Gasteiger partial charge is 0.279 e. The van der Waals surface area contributed by atoms with E-state index in [2.05, 4.69) is 4.72 Å². The van der Waals surface area contributed by atoms with Gasteiger partial charge in [0.15, 0.2) is 0 Å². The van der Waals surface area contributed by atoms with Gasteiger partial charge >= 0.3 is 0 Å². The zero-order chi connectivity index (χ0) is 13.6. The van der Waals surface area contributed by atoms with Crippen LogP contribution in [0.4, 0.5) is 0 Å².